The first kappa shape index (κ1) is 23.8. The van der Waals surface area contributed by atoms with E-state index in [0.29, 0.717) is 24.2 Å². The van der Waals surface area contributed by atoms with Crippen LogP contribution in [0.5, 0.6) is 5.75 Å². The van der Waals surface area contributed by atoms with Gasteiger partial charge in [-0.05, 0) is 36.9 Å². The third-order valence-electron chi connectivity index (χ3n) is 7.17. The zero-order chi connectivity index (χ0) is 25.1. The number of rotatable bonds is 5. The number of aliphatic hydroxyl groups is 3. The van der Waals surface area contributed by atoms with Gasteiger partial charge in [-0.3, -0.25) is 14.4 Å². The largest absolute Gasteiger partial charge is 0.508 e. The Kier molecular flexibility index (Phi) is 5.69. The highest BCUT2D eigenvalue weighted by Crippen LogP contribution is 2.53. The van der Waals surface area contributed by atoms with Gasteiger partial charge in [-0.2, -0.15) is 0 Å². The third-order valence-corrected chi connectivity index (χ3v) is 7.17. The predicted molar refractivity (Wildman–Crippen MR) is 123 cm³/mol. The number of benzene rings is 1. The van der Waals surface area contributed by atoms with Crippen LogP contribution in [0.4, 0.5) is 5.69 Å². The molecule has 0 aliphatic heterocycles. The topological polar surface area (TPSA) is 173 Å². The number of phenols is 1. The molecule has 0 radical (unpaired) electrons. The van der Waals surface area contributed by atoms with Crippen LogP contribution in [0.2, 0.25) is 0 Å². The first-order chi connectivity index (χ1) is 15.9. The van der Waals surface area contributed by atoms with Gasteiger partial charge in [-0.15, -0.1) is 0 Å². The van der Waals surface area contributed by atoms with Crippen molar-refractivity contribution in [3.63, 3.8) is 0 Å². The van der Waals surface area contributed by atoms with Gasteiger partial charge >= 0.3 is 0 Å². The average Bonchev–Trinajstić information content (AvgIpc) is 2.75. The van der Waals surface area contributed by atoms with Gasteiger partial charge in [0.25, 0.3) is 5.91 Å². The van der Waals surface area contributed by atoms with Crippen molar-refractivity contribution in [3.8, 4) is 5.75 Å². The maximum absolute atomic E-state index is 13.6. The molecule has 0 heterocycles. The summed E-state index contributed by atoms with van der Waals surface area (Å²) in [5.41, 5.74) is 3.75. The van der Waals surface area contributed by atoms with E-state index in [1.807, 2.05) is 32.0 Å². The molecule has 3 atom stereocenters. The standard InChI is InChI=1S/C24H29N3O7/c1-4-26-9-11-7-14(27(2)3)13-6-10-5-12-8-15(28)18(23(25)33)22(32)24(12,34)21(31)16(10)20(30)17(13)19(11)29/h7,10,12,26,29-30,32,34H,4-6,8-9H2,1-3H3,(H2,25,33). The molecule has 4 rings (SSSR count). The second-order valence-corrected chi connectivity index (χ2v) is 9.34. The molecule has 1 saturated carbocycles. The molecule has 0 bridgehead atoms. The van der Waals surface area contributed by atoms with Crippen molar-refractivity contribution >= 4 is 28.9 Å². The van der Waals surface area contributed by atoms with Gasteiger partial charge in [0.15, 0.2) is 11.4 Å². The molecular formula is C24H29N3O7. The fourth-order valence-corrected chi connectivity index (χ4v) is 5.52. The van der Waals surface area contributed by atoms with Gasteiger partial charge in [-0.25, -0.2) is 0 Å². The maximum atomic E-state index is 13.6. The summed E-state index contributed by atoms with van der Waals surface area (Å²) in [7, 11) is 3.66. The summed E-state index contributed by atoms with van der Waals surface area (Å²) >= 11 is 0. The molecule has 3 aliphatic carbocycles. The van der Waals surface area contributed by atoms with Gasteiger partial charge in [-0.1, -0.05) is 6.92 Å². The molecule has 10 heteroatoms. The first-order valence-electron chi connectivity index (χ1n) is 11.2. The van der Waals surface area contributed by atoms with E-state index in [-0.39, 0.29) is 36.1 Å². The van der Waals surface area contributed by atoms with E-state index < -0.39 is 52.0 Å². The van der Waals surface area contributed by atoms with Crippen LogP contribution < -0.4 is 16.0 Å². The molecule has 1 fully saturated rings. The number of fused-ring (bicyclic) bond motifs is 3. The number of aliphatic hydroxyl groups excluding tert-OH is 2. The van der Waals surface area contributed by atoms with E-state index in [1.54, 1.807) is 0 Å². The van der Waals surface area contributed by atoms with Gasteiger partial charge in [0, 0.05) is 49.8 Å². The van der Waals surface area contributed by atoms with E-state index in [4.69, 9.17) is 5.73 Å². The maximum Gasteiger partial charge on any atom is 0.255 e. The molecule has 34 heavy (non-hydrogen) atoms. The number of Topliss-reactive ketones (excluding diaryl/α,β-unsaturated/α-hetero) is 2. The minimum absolute atomic E-state index is 0.103. The zero-order valence-corrected chi connectivity index (χ0v) is 19.3. The fraction of sp³-hybridized carbons (Fsp3) is 0.458. The Morgan fingerprint density at radius 2 is 1.91 bits per heavy atom. The predicted octanol–water partition coefficient (Wildman–Crippen LogP) is 0.599. The van der Waals surface area contributed by atoms with Gasteiger partial charge in [0.05, 0.1) is 5.56 Å². The van der Waals surface area contributed by atoms with Crippen LogP contribution in [0.15, 0.2) is 23.0 Å². The highest BCUT2D eigenvalue weighted by molar-refractivity contribution is 6.22. The number of nitrogens with two attached hydrogens (primary N) is 1. The number of hydrogen-bond acceptors (Lipinski definition) is 9. The zero-order valence-electron chi connectivity index (χ0n) is 19.3. The number of amides is 1. The molecule has 10 nitrogen and oxygen atoms in total. The summed E-state index contributed by atoms with van der Waals surface area (Å²) in [6.45, 7) is 2.90. The van der Waals surface area contributed by atoms with E-state index in [9.17, 15) is 34.8 Å². The number of primary amides is 1. The van der Waals surface area contributed by atoms with E-state index >= 15 is 0 Å². The second-order valence-electron chi connectivity index (χ2n) is 9.34. The summed E-state index contributed by atoms with van der Waals surface area (Å²) in [6, 6.07) is 1.83. The Morgan fingerprint density at radius 3 is 2.50 bits per heavy atom. The Bertz CT molecular complexity index is 1180. The summed E-state index contributed by atoms with van der Waals surface area (Å²) in [5.74, 6) is -6.24. The van der Waals surface area contributed by atoms with Gasteiger partial charge in [0.1, 0.15) is 22.8 Å². The molecule has 182 valence electrons. The summed E-state index contributed by atoms with van der Waals surface area (Å²) in [6.07, 6.45) is 0.0437. The number of aromatic hydroxyl groups is 1. The normalized spacial score (nSPS) is 26.2. The first-order valence-corrected chi connectivity index (χ1v) is 11.2. The fourth-order valence-electron chi connectivity index (χ4n) is 5.52. The van der Waals surface area contributed by atoms with Crippen molar-refractivity contribution in [2.75, 3.05) is 25.5 Å². The Labute approximate surface area is 196 Å². The highest BCUT2D eigenvalue weighted by Gasteiger charge is 2.60. The molecule has 1 aromatic rings. The Morgan fingerprint density at radius 1 is 1.24 bits per heavy atom. The van der Waals surface area contributed by atoms with Crippen LogP contribution in [0.3, 0.4) is 0 Å². The Hall–Kier alpha value is -3.37. The van der Waals surface area contributed by atoms with Crippen molar-refractivity contribution in [1.82, 2.24) is 5.32 Å². The number of carbonyl (C=O) groups excluding carboxylic acids is 3. The van der Waals surface area contributed by atoms with Crippen molar-refractivity contribution in [1.29, 1.82) is 0 Å². The van der Waals surface area contributed by atoms with Gasteiger partial charge in [0.2, 0.25) is 5.78 Å². The minimum Gasteiger partial charge on any atom is -0.508 e. The lowest BCUT2D eigenvalue weighted by Crippen LogP contribution is -2.58. The molecule has 0 aromatic heterocycles. The quantitative estimate of drug-likeness (QED) is 0.336. The monoisotopic (exact) mass is 471 g/mol. The van der Waals surface area contributed by atoms with Crippen LogP contribution in [-0.4, -0.2) is 64.1 Å². The van der Waals surface area contributed by atoms with Crippen molar-refractivity contribution in [3.05, 3.63) is 39.7 Å². The average molecular weight is 472 g/mol. The van der Waals surface area contributed by atoms with Crippen LogP contribution in [0.1, 0.15) is 36.5 Å². The number of ketones is 2. The molecule has 3 aliphatic rings. The number of anilines is 1. The van der Waals surface area contributed by atoms with Crippen LogP contribution in [0, 0.1) is 11.8 Å². The number of nitrogens with zero attached hydrogens (tertiary/aromatic N) is 1. The SMILES string of the molecule is CCNCc1cc(N(C)C)c2c(c1O)C(O)=C1C(=O)C3(O)C(O)=C(C(N)=O)C(=O)CC3CC1C2. The number of phenolic OH excluding ortho intramolecular Hbond substituents is 1. The van der Waals surface area contributed by atoms with Crippen molar-refractivity contribution in [2.45, 2.75) is 38.3 Å². The lowest BCUT2D eigenvalue weighted by molar-refractivity contribution is -0.147. The smallest absolute Gasteiger partial charge is 0.255 e. The number of hydrogen-bond donors (Lipinski definition) is 6. The summed E-state index contributed by atoms with van der Waals surface area (Å²) in [5, 5.41) is 47.4. The van der Waals surface area contributed by atoms with E-state index in [1.165, 1.54) is 0 Å². The molecule has 3 unspecified atom stereocenters. The van der Waals surface area contributed by atoms with E-state index in [0.717, 1.165) is 5.69 Å². The molecule has 0 spiro atoms. The van der Waals surface area contributed by atoms with Crippen molar-refractivity contribution in [2.24, 2.45) is 17.6 Å². The van der Waals surface area contributed by atoms with Crippen LogP contribution in [-0.2, 0) is 27.3 Å². The lowest BCUT2D eigenvalue weighted by Gasteiger charge is -2.46. The molecular weight excluding hydrogens is 442 g/mol. The molecule has 0 saturated heterocycles. The van der Waals surface area contributed by atoms with Crippen molar-refractivity contribution < 1.29 is 34.8 Å². The number of carbonyl (C=O) groups is 3. The highest BCUT2D eigenvalue weighted by atomic mass is 16.3. The van der Waals surface area contributed by atoms with E-state index in [2.05, 4.69) is 5.32 Å². The minimum atomic E-state index is -2.56. The molecule has 7 N–H and O–H groups in total. The molecule has 1 aromatic carbocycles. The third kappa shape index (κ3) is 3.20. The molecule has 1 amide bonds. The Balaban J connectivity index is 1.94. The lowest BCUT2D eigenvalue weighted by atomic mass is 9.59. The van der Waals surface area contributed by atoms with Crippen LogP contribution in [0.25, 0.3) is 5.76 Å². The van der Waals surface area contributed by atoms with Crippen LogP contribution >= 0.6 is 0 Å². The summed E-state index contributed by atoms with van der Waals surface area (Å²) in [4.78, 5) is 39.6. The van der Waals surface area contributed by atoms with Gasteiger partial charge < -0.3 is 36.4 Å². The second kappa shape index (κ2) is 8.14. The summed E-state index contributed by atoms with van der Waals surface area (Å²) < 4.78 is 0. The number of nitrogens with one attached hydrogen (secondary N) is 1.